The summed E-state index contributed by atoms with van der Waals surface area (Å²) in [4.78, 5) is 23.9. The molecule has 0 aliphatic heterocycles. The lowest BCUT2D eigenvalue weighted by Gasteiger charge is -2.19. The standard InChI is InChI=1S/C22H19N5O2/c1-15-13-19(26-29-15)24-22(28)18-14-20(27(2)17-11-7-4-8-12-17)25-21(23-18)16-9-5-3-6-10-16/h3-14H,1-2H3,(H,24,26,28). The van der Waals surface area contributed by atoms with E-state index >= 15 is 0 Å². The number of anilines is 3. The van der Waals surface area contributed by atoms with Crippen LogP contribution in [0.4, 0.5) is 17.3 Å². The molecule has 7 heteroatoms. The third kappa shape index (κ3) is 4.14. The van der Waals surface area contributed by atoms with Crippen molar-refractivity contribution in [2.75, 3.05) is 17.3 Å². The predicted molar refractivity (Wildman–Crippen MR) is 111 cm³/mol. The van der Waals surface area contributed by atoms with Gasteiger partial charge in [-0.05, 0) is 19.1 Å². The van der Waals surface area contributed by atoms with Gasteiger partial charge in [-0.15, -0.1) is 0 Å². The largest absolute Gasteiger partial charge is 0.360 e. The van der Waals surface area contributed by atoms with E-state index in [1.165, 1.54) is 0 Å². The zero-order valence-corrected chi connectivity index (χ0v) is 16.0. The van der Waals surface area contributed by atoms with Crippen LogP contribution in [0.1, 0.15) is 16.2 Å². The number of hydrogen-bond donors (Lipinski definition) is 1. The molecule has 0 saturated carbocycles. The van der Waals surface area contributed by atoms with E-state index in [9.17, 15) is 4.79 Å². The lowest BCUT2D eigenvalue weighted by molar-refractivity contribution is 0.102. The Bertz CT molecular complexity index is 1130. The monoisotopic (exact) mass is 385 g/mol. The van der Waals surface area contributed by atoms with Crippen LogP contribution in [-0.2, 0) is 0 Å². The minimum absolute atomic E-state index is 0.234. The maximum Gasteiger partial charge on any atom is 0.275 e. The molecule has 2 heterocycles. The lowest BCUT2D eigenvalue weighted by atomic mass is 10.2. The summed E-state index contributed by atoms with van der Waals surface area (Å²) < 4.78 is 5.01. The lowest BCUT2D eigenvalue weighted by Crippen LogP contribution is -2.18. The Hall–Kier alpha value is -4.00. The zero-order chi connectivity index (χ0) is 20.2. The van der Waals surface area contributed by atoms with Gasteiger partial charge in [-0.2, -0.15) is 0 Å². The van der Waals surface area contributed by atoms with E-state index < -0.39 is 0 Å². The van der Waals surface area contributed by atoms with Gasteiger partial charge >= 0.3 is 0 Å². The Morgan fingerprint density at radius 3 is 2.31 bits per heavy atom. The average Bonchev–Trinajstić information content (AvgIpc) is 3.18. The first kappa shape index (κ1) is 18.4. The predicted octanol–water partition coefficient (Wildman–Crippen LogP) is 4.46. The zero-order valence-electron chi connectivity index (χ0n) is 16.0. The molecule has 0 atom stereocenters. The van der Waals surface area contributed by atoms with Crippen molar-refractivity contribution in [2.24, 2.45) is 0 Å². The normalized spacial score (nSPS) is 10.6. The molecule has 2 aromatic heterocycles. The first-order valence-electron chi connectivity index (χ1n) is 9.08. The van der Waals surface area contributed by atoms with Crippen LogP contribution in [0.3, 0.4) is 0 Å². The smallest absolute Gasteiger partial charge is 0.275 e. The van der Waals surface area contributed by atoms with E-state index in [4.69, 9.17) is 4.52 Å². The first-order valence-corrected chi connectivity index (χ1v) is 9.08. The fourth-order valence-electron chi connectivity index (χ4n) is 2.83. The van der Waals surface area contributed by atoms with Crippen molar-refractivity contribution in [1.29, 1.82) is 0 Å². The Morgan fingerprint density at radius 2 is 1.66 bits per heavy atom. The molecule has 0 spiro atoms. The number of aromatic nitrogens is 3. The van der Waals surface area contributed by atoms with E-state index in [1.54, 1.807) is 19.1 Å². The Balaban J connectivity index is 1.74. The number of aryl methyl sites for hydroxylation is 1. The van der Waals surface area contributed by atoms with Crippen molar-refractivity contribution in [3.05, 3.63) is 84.3 Å². The van der Waals surface area contributed by atoms with Crippen LogP contribution in [0, 0.1) is 6.92 Å². The van der Waals surface area contributed by atoms with Gasteiger partial charge in [-0.1, -0.05) is 53.7 Å². The van der Waals surface area contributed by atoms with Crippen molar-refractivity contribution in [2.45, 2.75) is 6.92 Å². The van der Waals surface area contributed by atoms with E-state index in [0.717, 1.165) is 11.3 Å². The van der Waals surface area contributed by atoms with Crippen LogP contribution in [-0.4, -0.2) is 28.1 Å². The van der Waals surface area contributed by atoms with Crippen molar-refractivity contribution >= 4 is 23.2 Å². The van der Waals surface area contributed by atoms with E-state index in [1.807, 2.05) is 72.6 Å². The topological polar surface area (TPSA) is 84.2 Å². The molecule has 144 valence electrons. The molecule has 7 nitrogen and oxygen atoms in total. The molecule has 4 aromatic rings. The number of benzene rings is 2. The number of nitrogens with one attached hydrogen (secondary N) is 1. The highest BCUT2D eigenvalue weighted by Crippen LogP contribution is 2.25. The van der Waals surface area contributed by atoms with E-state index in [0.29, 0.717) is 23.2 Å². The van der Waals surface area contributed by atoms with Gasteiger partial charge in [-0.3, -0.25) is 4.79 Å². The highest BCUT2D eigenvalue weighted by atomic mass is 16.5. The van der Waals surface area contributed by atoms with Crippen LogP contribution in [0.25, 0.3) is 11.4 Å². The molecule has 0 fully saturated rings. The quantitative estimate of drug-likeness (QED) is 0.546. The number of hydrogen-bond acceptors (Lipinski definition) is 6. The van der Waals surface area contributed by atoms with Gasteiger partial charge in [0.2, 0.25) is 0 Å². The summed E-state index contributed by atoms with van der Waals surface area (Å²) in [6, 6.07) is 22.6. The molecular weight excluding hydrogens is 366 g/mol. The molecule has 4 rings (SSSR count). The van der Waals surface area contributed by atoms with Gasteiger partial charge in [0.15, 0.2) is 11.6 Å². The Kier molecular flexibility index (Phi) is 5.03. The summed E-state index contributed by atoms with van der Waals surface area (Å²) in [5, 5.41) is 6.52. The van der Waals surface area contributed by atoms with Crippen LogP contribution in [0.15, 0.2) is 77.3 Å². The van der Waals surface area contributed by atoms with E-state index in [-0.39, 0.29) is 11.6 Å². The summed E-state index contributed by atoms with van der Waals surface area (Å²) in [7, 11) is 1.90. The van der Waals surface area contributed by atoms with Crippen molar-refractivity contribution in [3.8, 4) is 11.4 Å². The molecule has 0 aliphatic carbocycles. The van der Waals surface area contributed by atoms with Crippen molar-refractivity contribution in [1.82, 2.24) is 15.1 Å². The van der Waals surface area contributed by atoms with Crippen LogP contribution >= 0.6 is 0 Å². The highest BCUT2D eigenvalue weighted by Gasteiger charge is 2.17. The summed E-state index contributed by atoms with van der Waals surface area (Å²) in [6.07, 6.45) is 0. The molecule has 0 saturated heterocycles. The summed E-state index contributed by atoms with van der Waals surface area (Å²) in [6.45, 7) is 1.76. The van der Waals surface area contributed by atoms with Gasteiger partial charge in [0.25, 0.3) is 5.91 Å². The second-order valence-corrected chi connectivity index (χ2v) is 6.47. The van der Waals surface area contributed by atoms with Gasteiger partial charge in [-0.25, -0.2) is 9.97 Å². The van der Waals surface area contributed by atoms with Crippen LogP contribution in [0.5, 0.6) is 0 Å². The maximum absolute atomic E-state index is 12.8. The molecule has 0 radical (unpaired) electrons. The number of rotatable bonds is 5. The first-order chi connectivity index (χ1) is 14.1. The Labute approximate surface area is 168 Å². The molecule has 0 aliphatic rings. The highest BCUT2D eigenvalue weighted by molar-refractivity contribution is 6.03. The summed E-state index contributed by atoms with van der Waals surface area (Å²) >= 11 is 0. The molecule has 0 bridgehead atoms. The van der Waals surface area contributed by atoms with Gasteiger partial charge in [0.1, 0.15) is 17.3 Å². The third-order valence-electron chi connectivity index (χ3n) is 4.33. The minimum Gasteiger partial charge on any atom is -0.360 e. The molecule has 2 aromatic carbocycles. The number of para-hydroxylation sites is 1. The fraction of sp³-hybridized carbons (Fsp3) is 0.0909. The van der Waals surface area contributed by atoms with Gasteiger partial charge < -0.3 is 14.7 Å². The number of nitrogens with zero attached hydrogens (tertiary/aromatic N) is 4. The molecule has 0 unspecified atom stereocenters. The van der Waals surface area contributed by atoms with Crippen molar-refractivity contribution in [3.63, 3.8) is 0 Å². The van der Waals surface area contributed by atoms with Gasteiger partial charge in [0, 0.05) is 30.4 Å². The molecule has 29 heavy (non-hydrogen) atoms. The summed E-state index contributed by atoms with van der Waals surface area (Å²) in [5.41, 5.74) is 2.00. The number of carbonyl (C=O) groups excluding carboxylic acids is 1. The molecular formula is C22H19N5O2. The fourth-order valence-corrected chi connectivity index (χ4v) is 2.83. The Morgan fingerprint density at radius 1 is 0.966 bits per heavy atom. The molecule has 1 amide bonds. The second-order valence-electron chi connectivity index (χ2n) is 6.47. The maximum atomic E-state index is 12.8. The van der Waals surface area contributed by atoms with Crippen molar-refractivity contribution < 1.29 is 9.32 Å². The number of carbonyl (C=O) groups is 1. The number of amides is 1. The second kappa shape index (κ2) is 7.93. The van der Waals surface area contributed by atoms with E-state index in [2.05, 4.69) is 20.4 Å². The van der Waals surface area contributed by atoms with Gasteiger partial charge in [0.05, 0.1) is 0 Å². The van der Waals surface area contributed by atoms with Crippen LogP contribution in [0.2, 0.25) is 0 Å². The summed E-state index contributed by atoms with van der Waals surface area (Å²) in [5.74, 6) is 1.63. The SMILES string of the molecule is Cc1cc(NC(=O)c2cc(N(C)c3ccccc3)nc(-c3ccccc3)n2)no1. The third-order valence-corrected chi connectivity index (χ3v) is 4.33. The average molecular weight is 385 g/mol. The van der Waals surface area contributed by atoms with Crippen LogP contribution < -0.4 is 10.2 Å². The molecule has 1 N–H and O–H groups in total. The minimum atomic E-state index is -0.388.